The topological polar surface area (TPSA) is 69.6 Å². The van der Waals surface area contributed by atoms with Crippen LogP contribution in [-0.4, -0.2) is 52.4 Å². The normalized spacial score (nSPS) is 23.5. The molecule has 1 fully saturated rings. The van der Waals surface area contributed by atoms with Crippen LogP contribution in [0.1, 0.15) is 19.8 Å². The number of hydrogen-bond acceptors (Lipinski definition) is 3. The Labute approximate surface area is 118 Å². The van der Waals surface area contributed by atoms with Crippen LogP contribution in [0.4, 0.5) is 18.0 Å². The van der Waals surface area contributed by atoms with Gasteiger partial charge in [-0.2, -0.15) is 13.2 Å². The van der Waals surface area contributed by atoms with E-state index >= 15 is 0 Å². The number of likely N-dealkylation sites (tertiary alicyclic amines) is 1. The number of thioether (sulfide) groups is 1. The largest absolute Gasteiger partial charge is 0.480 e. The van der Waals surface area contributed by atoms with E-state index in [1.165, 1.54) is 4.90 Å². The molecule has 0 aliphatic carbocycles. The molecule has 2 unspecified atom stereocenters. The van der Waals surface area contributed by atoms with Crippen molar-refractivity contribution in [2.45, 2.75) is 31.3 Å². The number of hydrogen-bond donors (Lipinski definition) is 2. The first kappa shape index (κ1) is 16.9. The standard InChI is InChI=1S/C11H17F3N2O3S/c1-7-3-2-5-16(8(7)9(17)18)10(19)15-4-6-20-11(12,13)14/h7-8H,2-6H2,1H3,(H,15,19)(H,17,18). The van der Waals surface area contributed by atoms with Crippen molar-refractivity contribution in [1.82, 2.24) is 10.2 Å². The zero-order valence-electron chi connectivity index (χ0n) is 10.9. The highest BCUT2D eigenvalue weighted by atomic mass is 32.2. The van der Waals surface area contributed by atoms with E-state index in [1.54, 1.807) is 6.92 Å². The van der Waals surface area contributed by atoms with Gasteiger partial charge in [0.25, 0.3) is 0 Å². The first-order valence-electron chi connectivity index (χ1n) is 6.20. The lowest BCUT2D eigenvalue weighted by Crippen LogP contribution is -2.55. The fourth-order valence-corrected chi connectivity index (χ4v) is 2.65. The van der Waals surface area contributed by atoms with Crippen LogP contribution in [0.2, 0.25) is 0 Å². The molecule has 0 aromatic carbocycles. The SMILES string of the molecule is CC1CCCN(C(=O)NCCSC(F)(F)F)C1C(=O)O. The van der Waals surface area contributed by atoms with Gasteiger partial charge in [-0.3, -0.25) is 0 Å². The molecule has 2 N–H and O–H groups in total. The lowest BCUT2D eigenvalue weighted by atomic mass is 9.91. The third-order valence-corrected chi connectivity index (χ3v) is 3.83. The highest BCUT2D eigenvalue weighted by molar-refractivity contribution is 8.00. The summed E-state index contributed by atoms with van der Waals surface area (Å²) in [4.78, 5) is 24.2. The van der Waals surface area contributed by atoms with Crippen molar-refractivity contribution in [2.75, 3.05) is 18.8 Å². The molecule has 0 aromatic heterocycles. The van der Waals surface area contributed by atoms with Gasteiger partial charge in [0.2, 0.25) is 0 Å². The average molecular weight is 314 g/mol. The summed E-state index contributed by atoms with van der Waals surface area (Å²) in [5.41, 5.74) is -4.33. The molecule has 0 aromatic rings. The maximum Gasteiger partial charge on any atom is 0.441 e. The number of carboxylic acid groups (broad SMARTS) is 1. The summed E-state index contributed by atoms with van der Waals surface area (Å²) in [5.74, 6) is -1.55. The summed E-state index contributed by atoms with van der Waals surface area (Å²) < 4.78 is 35.7. The quantitative estimate of drug-likeness (QED) is 0.780. The predicted octanol–water partition coefficient (Wildman–Crippen LogP) is 2.13. The summed E-state index contributed by atoms with van der Waals surface area (Å²) in [7, 11) is 0. The number of carbonyl (C=O) groups excluding carboxylic acids is 1. The van der Waals surface area contributed by atoms with E-state index in [9.17, 15) is 22.8 Å². The minimum absolute atomic E-state index is 0.153. The van der Waals surface area contributed by atoms with Gasteiger partial charge in [0.15, 0.2) is 0 Å². The number of aliphatic carboxylic acids is 1. The maximum atomic E-state index is 11.9. The summed E-state index contributed by atoms with van der Waals surface area (Å²) in [5, 5.41) is 11.5. The number of piperidine rings is 1. The van der Waals surface area contributed by atoms with Gasteiger partial charge in [0, 0.05) is 18.8 Å². The van der Waals surface area contributed by atoms with E-state index < -0.39 is 23.6 Å². The number of nitrogens with one attached hydrogen (secondary N) is 1. The number of nitrogens with zero attached hydrogens (tertiary/aromatic N) is 1. The zero-order chi connectivity index (χ0) is 15.3. The minimum atomic E-state index is -4.33. The summed E-state index contributed by atoms with van der Waals surface area (Å²) in [6, 6.07) is -1.54. The molecular weight excluding hydrogens is 297 g/mol. The molecular formula is C11H17F3N2O3S. The van der Waals surface area contributed by atoms with Gasteiger partial charge in [-0.25, -0.2) is 9.59 Å². The number of carbonyl (C=O) groups is 2. The van der Waals surface area contributed by atoms with E-state index in [2.05, 4.69) is 5.32 Å². The van der Waals surface area contributed by atoms with Crippen LogP contribution in [-0.2, 0) is 4.79 Å². The first-order valence-corrected chi connectivity index (χ1v) is 7.19. The lowest BCUT2D eigenvalue weighted by molar-refractivity contribution is -0.145. The molecule has 2 amide bonds. The van der Waals surface area contributed by atoms with Crippen molar-refractivity contribution >= 4 is 23.8 Å². The molecule has 1 heterocycles. The zero-order valence-corrected chi connectivity index (χ0v) is 11.8. The van der Waals surface area contributed by atoms with Crippen LogP contribution >= 0.6 is 11.8 Å². The lowest BCUT2D eigenvalue weighted by Gasteiger charge is -2.37. The van der Waals surface area contributed by atoms with Crippen LogP contribution in [0.15, 0.2) is 0 Å². The van der Waals surface area contributed by atoms with Crippen LogP contribution in [0.3, 0.4) is 0 Å². The molecule has 5 nitrogen and oxygen atoms in total. The average Bonchev–Trinajstić information content (AvgIpc) is 2.32. The first-order chi connectivity index (χ1) is 9.22. The van der Waals surface area contributed by atoms with Crippen molar-refractivity contribution < 1.29 is 27.9 Å². The Morgan fingerprint density at radius 2 is 2.10 bits per heavy atom. The molecule has 0 spiro atoms. The van der Waals surface area contributed by atoms with Gasteiger partial charge < -0.3 is 15.3 Å². The van der Waals surface area contributed by atoms with Crippen LogP contribution < -0.4 is 5.32 Å². The molecule has 20 heavy (non-hydrogen) atoms. The predicted molar refractivity (Wildman–Crippen MR) is 68.4 cm³/mol. The third-order valence-electron chi connectivity index (χ3n) is 3.09. The van der Waals surface area contributed by atoms with Gasteiger partial charge >= 0.3 is 17.5 Å². The monoisotopic (exact) mass is 314 g/mol. The minimum Gasteiger partial charge on any atom is -0.480 e. The van der Waals surface area contributed by atoms with Crippen LogP contribution in [0.5, 0.6) is 0 Å². The highest BCUT2D eigenvalue weighted by Crippen LogP contribution is 2.29. The molecule has 1 rings (SSSR count). The number of urea groups is 1. The second-order valence-electron chi connectivity index (χ2n) is 4.62. The Morgan fingerprint density at radius 1 is 1.45 bits per heavy atom. The molecule has 0 radical (unpaired) electrons. The van der Waals surface area contributed by atoms with E-state index in [0.29, 0.717) is 19.4 Å². The third kappa shape index (κ3) is 5.10. The van der Waals surface area contributed by atoms with Crippen LogP contribution in [0, 0.1) is 5.92 Å². The smallest absolute Gasteiger partial charge is 0.441 e. The van der Waals surface area contributed by atoms with E-state index in [-0.39, 0.29) is 30.0 Å². The van der Waals surface area contributed by atoms with Crippen molar-refractivity contribution in [3.63, 3.8) is 0 Å². The number of amides is 2. The van der Waals surface area contributed by atoms with Crippen molar-refractivity contribution in [3.8, 4) is 0 Å². The molecule has 1 aliphatic rings. The number of rotatable bonds is 4. The van der Waals surface area contributed by atoms with Gasteiger partial charge in [0.1, 0.15) is 6.04 Å². The molecule has 0 saturated carbocycles. The van der Waals surface area contributed by atoms with E-state index in [4.69, 9.17) is 5.11 Å². The summed E-state index contributed by atoms with van der Waals surface area (Å²) >= 11 is -0.220. The Kier molecular flexibility index (Phi) is 5.97. The van der Waals surface area contributed by atoms with Gasteiger partial charge in [-0.15, -0.1) is 0 Å². The second-order valence-corrected chi connectivity index (χ2v) is 5.78. The summed E-state index contributed by atoms with van der Waals surface area (Å²) in [6.07, 6.45) is 1.40. The van der Waals surface area contributed by atoms with Gasteiger partial charge in [0.05, 0.1) is 0 Å². The Bertz CT molecular complexity index is 365. The van der Waals surface area contributed by atoms with E-state index in [0.717, 1.165) is 0 Å². The summed E-state index contributed by atoms with van der Waals surface area (Å²) in [6.45, 7) is 1.90. The van der Waals surface area contributed by atoms with Crippen LogP contribution in [0.25, 0.3) is 0 Å². The van der Waals surface area contributed by atoms with Crippen molar-refractivity contribution in [1.29, 1.82) is 0 Å². The number of alkyl halides is 3. The molecule has 9 heteroatoms. The Morgan fingerprint density at radius 3 is 2.65 bits per heavy atom. The highest BCUT2D eigenvalue weighted by Gasteiger charge is 2.37. The van der Waals surface area contributed by atoms with Gasteiger partial charge in [-0.1, -0.05) is 6.92 Å². The molecule has 2 atom stereocenters. The second kappa shape index (κ2) is 7.05. The molecule has 116 valence electrons. The Balaban J connectivity index is 2.46. The van der Waals surface area contributed by atoms with Gasteiger partial charge in [-0.05, 0) is 30.5 Å². The molecule has 1 aliphatic heterocycles. The van der Waals surface area contributed by atoms with Crippen molar-refractivity contribution in [2.24, 2.45) is 5.92 Å². The number of carboxylic acids is 1. The number of halogens is 3. The maximum absolute atomic E-state index is 11.9. The fraction of sp³-hybridized carbons (Fsp3) is 0.818. The van der Waals surface area contributed by atoms with E-state index in [1.807, 2.05) is 0 Å². The Hall–Kier alpha value is -1.12. The fourth-order valence-electron chi connectivity index (χ4n) is 2.22. The molecule has 0 bridgehead atoms. The molecule has 1 saturated heterocycles. The van der Waals surface area contributed by atoms with Crippen molar-refractivity contribution in [3.05, 3.63) is 0 Å².